The zero-order valence-corrected chi connectivity index (χ0v) is 13.5. The smallest absolute Gasteiger partial charge is 0.0892 e. The minimum Gasteiger partial charge on any atom is -0.0892 e. The Morgan fingerprint density at radius 2 is 1.14 bits per heavy atom. The van der Waals surface area contributed by atoms with E-state index in [0.717, 1.165) is 8.09 Å². The van der Waals surface area contributed by atoms with Gasteiger partial charge >= 0.3 is 20.4 Å². The Morgan fingerprint density at radius 3 is 1.67 bits per heavy atom. The lowest BCUT2D eigenvalue weighted by molar-refractivity contribution is 0.901. The fourth-order valence-electron chi connectivity index (χ4n) is 4.49. The van der Waals surface area contributed by atoms with Gasteiger partial charge in [0.2, 0.25) is 0 Å². The Balaban J connectivity index is 1.60. The molecule has 0 bridgehead atoms. The van der Waals surface area contributed by atoms with Gasteiger partial charge in [-0.15, -0.1) is 0 Å². The molecule has 5 rings (SSSR count). The zero-order valence-electron chi connectivity index (χ0n) is 12.0. The molecule has 0 saturated carbocycles. The maximum Gasteiger partial charge on any atom is 0.400 e. The molecule has 1 saturated heterocycles. The Bertz CT molecular complexity index is 729. The van der Waals surface area contributed by atoms with Crippen molar-refractivity contribution in [2.75, 3.05) is 0 Å². The molecule has 98 valence electrons. The molecule has 0 spiro atoms. The molecule has 2 aromatic rings. The van der Waals surface area contributed by atoms with Crippen molar-refractivity contribution >= 4 is 32.5 Å². The van der Waals surface area contributed by atoms with Gasteiger partial charge in [-0.25, -0.2) is 0 Å². The molecule has 1 aliphatic heterocycles. The average Bonchev–Trinajstić information content (AvgIpc) is 3.00. The molecule has 0 amide bonds. The van der Waals surface area contributed by atoms with E-state index in [-0.39, 0.29) is 20.4 Å². The van der Waals surface area contributed by atoms with Gasteiger partial charge in [-0.05, 0) is 24.0 Å². The molecule has 2 atom stereocenters. The summed E-state index contributed by atoms with van der Waals surface area (Å²) in [6.45, 7) is 0. The molecule has 0 aromatic heterocycles. The third-order valence-electron chi connectivity index (χ3n) is 5.49. The maximum absolute atomic E-state index is 2.49. The van der Waals surface area contributed by atoms with E-state index in [1.54, 1.807) is 22.3 Å². The van der Waals surface area contributed by atoms with E-state index in [4.69, 9.17) is 0 Å². The molecule has 1 fully saturated rings. The SMILES string of the molecule is C1=C2CCC3=Cc4ccccc4[CH]3[Mg][CH]2c2ccccc21. The van der Waals surface area contributed by atoms with Crippen LogP contribution in [0, 0.1) is 0 Å². The van der Waals surface area contributed by atoms with E-state index >= 15 is 0 Å². The van der Waals surface area contributed by atoms with E-state index in [1.807, 2.05) is 0 Å². The van der Waals surface area contributed by atoms with Crippen LogP contribution in [-0.2, 0) is 0 Å². The summed E-state index contributed by atoms with van der Waals surface area (Å²) in [5, 5.41) is 0. The van der Waals surface area contributed by atoms with Crippen LogP contribution in [0.25, 0.3) is 12.2 Å². The second kappa shape index (κ2) is 4.59. The summed E-state index contributed by atoms with van der Waals surface area (Å²) < 4.78 is 1.56. The van der Waals surface area contributed by atoms with Crippen LogP contribution in [-0.4, -0.2) is 20.4 Å². The molecule has 1 heterocycles. The first-order valence-electron chi connectivity index (χ1n) is 7.99. The lowest BCUT2D eigenvalue weighted by atomic mass is 10.0. The molecule has 0 nitrogen and oxygen atoms in total. The van der Waals surface area contributed by atoms with E-state index in [9.17, 15) is 0 Å². The molecule has 2 unspecified atom stereocenters. The van der Waals surface area contributed by atoms with Crippen molar-refractivity contribution in [1.29, 1.82) is 0 Å². The Morgan fingerprint density at radius 1 is 0.667 bits per heavy atom. The summed E-state index contributed by atoms with van der Waals surface area (Å²) in [6.07, 6.45) is 7.51. The van der Waals surface area contributed by atoms with Crippen molar-refractivity contribution in [2.24, 2.45) is 0 Å². The minimum atomic E-state index is -0.222. The van der Waals surface area contributed by atoms with Crippen LogP contribution < -0.4 is 0 Å². The largest absolute Gasteiger partial charge is 0.400 e. The van der Waals surface area contributed by atoms with Crippen LogP contribution in [0.5, 0.6) is 0 Å². The fourth-order valence-corrected chi connectivity index (χ4v) is 7.47. The van der Waals surface area contributed by atoms with Crippen molar-refractivity contribution in [3.8, 4) is 0 Å². The number of hydrogen-bond donors (Lipinski definition) is 0. The lowest BCUT2D eigenvalue weighted by Gasteiger charge is -2.18. The summed E-state index contributed by atoms with van der Waals surface area (Å²) >= 11 is -0.222. The van der Waals surface area contributed by atoms with Crippen LogP contribution in [0.2, 0.25) is 0 Å². The summed E-state index contributed by atoms with van der Waals surface area (Å²) in [7, 11) is 0. The number of rotatable bonds is 0. The highest BCUT2D eigenvalue weighted by atomic mass is 24.5. The Kier molecular flexibility index (Phi) is 2.68. The van der Waals surface area contributed by atoms with Crippen molar-refractivity contribution in [1.82, 2.24) is 0 Å². The van der Waals surface area contributed by atoms with Gasteiger partial charge in [-0.2, -0.15) is 0 Å². The normalized spacial score (nSPS) is 24.4. The van der Waals surface area contributed by atoms with Crippen LogP contribution in [0.1, 0.15) is 43.2 Å². The first-order valence-corrected chi connectivity index (χ1v) is 9.62. The number of allylic oxidation sites excluding steroid dienone is 2. The third-order valence-corrected chi connectivity index (χ3v) is 8.36. The number of benzene rings is 2. The number of hydrogen-bond acceptors (Lipinski definition) is 0. The molecule has 1 heteroatoms. The van der Waals surface area contributed by atoms with Gasteiger partial charge in [0, 0.05) is 0 Å². The standard InChI is InChI=1S/C20H16.Mg/c1-2-6-18-12-15(11-17(18)5-1)9-10-16-13-19-7-3-4-8-20(19)14-16;/h1-8,11-14H,9-10H2;. The van der Waals surface area contributed by atoms with E-state index in [2.05, 4.69) is 60.7 Å². The summed E-state index contributed by atoms with van der Waals surface area (Å²) in [6, 6.07) is 18.1. The Hall–Kier alpha value is -1.31. The molecule has 2 aromatic carbocycles. The first kappa shape index (κ1) is 12.3. The van der Waals surface area contributed by atoms with Crippen LogP contribution in [0.15, 0.2) is 59.7 Å². The highest BCUT2D eigenvalue weighted by Gasteiger charge is 2.37. The van der Waals surface area contributed by atoms with Crippen molar-refractivity contribution in [3.63, 3.8) is 0 Å². The van der Waals surface area contributed by atoms with E-state index in [1.165, 1.54) is 24.0 Å². The van der Waals surface area contributed by atoms with Crippen molar-refractivity contribution < 1.29 is 0 Å². The van der Waals surface area contributed by atoms with Crippen molar-refractivity contribution in [2.45, 2.75) is 20.9 Å². The zero-order chi connectivity index (χ0) is 13.8. The lowest BCUT2D eigenvalue weighted by Crippen LogP contribution is -2.15. The third kappa shape index (κ3) is 1.81. The molecule has 3 aliphatic rings. The quantitative estimate of drug-likeness (QED) is 0.610. The molecular weight excluding hydrogens is 265 g/mol. The highest BCUT2D eigenvalue weighted by Crippen LogP contribution is 2.48. The van der Waals surface area contributed by atoms with Gasteiger partial charge in [0.25, 0.3) is 0 Å². The van der Waals surface area contributed by atoms with E-state index < -0.39 is 0 Å². The molecule has 2 aliphatic carbocycles. The van der Waals surface area contributed by atoms with Gasteiger partial charge in [-0.1, -0.05) is 91.1 Å². The summed E-state index contributed by atoms with van der Waals surface area (Å²) in [5.41, 5.74) is 9.65. The van der Waals surface area contributed by atoms with Gasteiger partial charge in [0.15, 0.2) is 0 Å². The van der Waals surface area contributed by atoms with Gasteiger partial charge in [0.1, 0.15) is 0 Å². The number of fused-ring (bicyclic) bond motifs is 6. The molecule has 21 heavy (non-hydrogen) atoms. The molecule has 0 radical (unpaired) electrons. The van der Waals surface area contributed by atoms with Crippen LogP contribution >= 0.6 is 0 Å². The second-order valence-corrected chi connectivity index (χ2v) is 8.64. The fraction of sp³-hybridized carbons (Fsp3) is 0.200. The topological polar surface area (TPSA) is 0 Å². The van der Waals surface area contributed by atoms with Crippen molar-refractivity contribution in [3.05, 3.63) is 81.9 Å². The highest BCUT2D eigenvalue weighted by molar-refractivity contribution is 6.44. The van der Waals surface area contributed by atoms with Gasteiger partial charge < -0.3 is 0 Å². The predicted octanol–water partition coefficient (Wildman–Crippen LogP) is 4.76. The first-order chi connectivity index (χ1) is 10.4. The van der Waals surface area contributed by atoms with Crippen LogP contribution in [0.3, 0.4) is 0 Å². The van der Waals surface area contributed by atoms with Gasteiger partial charge in [0.05, 0.1) is 0 Å². The monoisotopic (exact) mass is 280 g/mol. The Labute approximate surface area is 135 Å². The summed E-state index contributed by atoms with van der Waals surface area (Å²) in [5.74, 6) is 0. The minimum absolute atomic E-state index is 0.222. The maximum atomic E-state index is 2.49. The summed E-state index contributed by atoms with van der Waals surface area (Å²) in [4.78, 5) is 0. The second-order valence-electron chi connectivity index (χ2n) is 6.54. The van der Waals surface area contributed by atoms with Crippen LogP contribution in [0.4, 0.5) is 0 Å². The van der Waals surface area contributed by atoms with Gasteiger partial charge in [-0.3, -0.25) is 0 Å². The predicted molar refractivity (Wildman–Crippen MR) is 89.3 cm³/mol. The average molecular weight is 281 g/mol. The van der Waals surface area contributed by atoms with E-state index in [0.29, 0.717) is 0 Å². The molecule has 0 N–H and O–H groups in total. The molecular formula is C20H16Mg.